The second-order valence-corrected chi connectivity index (χ2v) is 15.7. The van der Waals surface area contributed by atoms with E-state index in [9.17, 15) is 19.6 Å². The molecule has 0 saturated carbocycles. The van der Waals surface area contributed by atoms with Gasteiger partial charge in [-0.15, -0.1) is 0 Å². The van der Waals surface area contributed by atoms with Crippen molar-refractivity contribution in [3.05, 3.63) is 45.5 Å². The van der Waals surface area contributed by atoms with Crippen molar-refractivity contribution in [3.63, 3.8) is 0 Å². The Morgan fingerprint density at radius 1 is 0.474 bits per heavy atom. The van der Waals surface area contributed by atoms with Crippen LogP contribution in [0.2, 0.25) is 0 Å². The maximum atomic E-state index is 10.1. The Bertz CT molecular complexity index is 1080. The molecule has 0 bridgehead atoms. The van der Waals surface area contributed by atoms with Gasteiger partial charge in [0.2, 0.25) is 0 Å². The lowest BCUT2D eigenvalue weighted by Gasteiger charge is -2.35. The zero-order chi connectivity index (χ0) is 29.8. The van der Waals surface area contributed by atoms with Crippen LogP contribution in [0.3, 0.4) is 0 Å². The van der Waals surface area contributed by atoms with Gasteiger partial charge in [0.1, 0.15) is 11.5 Å². The highest BCUT2D eigenvalue weighted by Crippen LogP contribution is 2.55. The van der Waals surface area contributed by atoms with Gasteiger partial charge in [-0.3, -0.25) is 0 Å². The zero-order valence-corrected chi connectivity index (χ0v) is 27.4. The second kappa shape index (κ2) is 11.0. The molecule has 0 amide bonds. The van der Waals surface area contributed by atoms with Crippen LogP contribution in [0, 0.1) is 13.8 Å². The molecule has 0 heterocycles. The summed E-state index contributed by atoms with van der Waals surface area (Å²) in [5.41, 5.74) is 5.77. The SMILES string of the molecule is Cc1c(C(C)(C)C)cc(C(C)(C)C)c(OP(O)O)c1-c1c(C)c(C(C)(C)C)cc(C(C)(C)C)c1OP(O)O. The largest absolute Gasteiger partial charge is 0.426 e. The van der Waals surface area contributed by atoms with Crippen LogP contribution >= 0.6 is 17.2 Å². The third kappa shape index (κ3) is 7.08. The summed E-state index contributed by atoms with van der Waals surface area (Å²) in [6.07, 6.45) is 0. The molecule has 2 rings (SSSR count). The van der Waals surface area contributed by atoms with Crippen LogP contribution in [0.15, 0.2) is 12.1 Å². The Labute approximate surface area is 232 Å². The fraction of sp³-hybridized carbons (Fsp3) is 0.600. The number of hydrogen-bond acceptors (Lipinski definition) is 6. The molecule has 0 unspecified atom stereocenters. The summed E-state index contributed by atoms with van der Waals surface area (Å²) in [4.78, 5) is 40.5. The minimum atomic E-state index is -2.73. The van der Waals surface area contributed by atoms with E-state index in [1.165, 1.54) is 0 Å². The second-order valence-electron chi connectivity index (χ2n) is 14.3. The predicted octanol–water partition coefficient (Wildman–Crippen LogP) is 8.34. The highest BCUT2D eigenvalue weighted by Gasteiger charge is 2.36. The minimum absolute atomic E-state index is 0.232. The van der Waals surface area contributed by atoms with Crippen LogP contribution in [0.4, 0.5) is 0 Å². The van der Waals surface area contributed by atoms with Gasteiger partial charge in [-0.25, -0.2) is 0 Å². The van der Waals surface area contributed by atoms with Crippen LogP contribution in [0.1, 0.15) is 116 Å². The quantitative estimate of drug-likeness (QED) is 0.272. The van der Waals surface area contributed by atoms with E-state index < -0.39 is 28.0 Å². The van der Waals surface area contributed by atoms with Gasteiger partial charge in [0.15, 0.2) is 0 Å². The summed E-state index contributed by atoms with van der Waals surface area (Å²) in [5, 5.41) is 0. The third-order valence-corrected chi connectivity index (χ3v) is 7.60. The van der Waals surface area contributed by atoms with E-state index >= 15 is 0 Å². The van der Waals surface area contributed by atoms with E-state index in [1.807, 2.05) is 13.8 Å². The number of rotatable bonds is 5. The van der Waals surface area contributed by atoms with Gasteiger partial charge in [0.05, 0.1) is 0 Å². The summed E-state index contributed by atoms with van der Waals surface area (Å²) in [5.74, 6) is 0.747. The predicted molar refractivity (Wildman–Crippen MR) is 160 cm³/mol. The first-order valence-electron chi connectivity index (χ1n) is 13.0. The van der Waals surface area contributed by atoms with Gasteiger partial charge in [-0.05, 0) is 57.8 Å². The lowest BCUT2D eigenvalue weighted by Crippen LogP contribution is -2.22. The first kappa shape index (κ1) is 32.9. The molecule has 0 aromatic heterocycles. The summed E-state index contributed by atoms with van der Waals surface area (Å²) in [6, 6.07) is 4.21. The molecule has 0 spiro atoms. The first-order chi connectivity index (χ1) is 16.9. The van der Waals surface area contributed by atoms with E-state index in [1.54, 1.807) is 0 Å². The summed E-state index contributed by atoms with van der Waals surface area (Å²) >= 11 is 0. The van der Waals surface area contributed by atoms with Gasteiger partial charge in [-0.2, -0.15) is 0 Å². The molecule has 2 aromatic carbocycles. The molecule has 0 atom stereocenters. The van der Waals surface area contributed by atoms with Crippen molar-refractivity contribution in [1.82, 2.24) is 0 Å². The summed E-state index contributed by atoms with van der Waals surface area (Å²) < 4.78 is 11.7. The molecule has 6 nitrogen and oxygen atoms in total. The summed E-state index contributed by atoms with van der Waals surface area (Å²) in [6.45, 7) is 29.3. The normalized spacial score (nSPS) is 13.5. The van der Waals surface area contributed by atoms with E-state index in [4.69, 9.17) is 9.05 Å². The standard InChI is InChI=1S/C30H48O6P2/c1-17-19(27(3,4)5)15-21(29(9,10)11)25(35-37(31)32)23(17)24-18(2)20(28(6,7)8)16-22(30(12,13)14)26(24)36-38(33)34/h15-16,31-34H,1-14H3. The zero-order valence-electron chi connectivity index (χ0n) is 25.7. The maximum Gasteiger partial charge on any atom is 0.391 e. The molecule has 214 valence electrons. The third-order valence-electron chi connectivity index (χ3n) is 6.91. The average molecular weight is 567 g/mol. The molecule has 0 saturated heterocycles. The smallest absolute Gasteiger partial charge is 0.391 e. The fourth-order valence-electron chi connectivity index (χ4n) is 5.14. The Kier molecular flexibility index (Phi) is 9.50. The number of hydrogen-bond donors (Lipinski definition) is 4. The highest BCUT2D eigenvalue weighted by molar-refractivity contribution is 7.40. The Morgan fingerprint density at radius 3 is 0.895 bits per heavy atom. The van der Waals surface area contributed by atoms with Crippen LogP contribution < -0.4 is 9.05 Å². The van der Waals surface area contributed by atoms with E-state index in [-0.39, 0.29) is 10.8 Å². The van der Waals surface area contributed by atoms with Gasteiger partial charge >= 0.3 is 17.2 Å². The molecule has 0 aliphatic rings. The first-order valence-corrected chi connectivity index (χ1v) is 15.3. The molecule has 0 fully saturated rings. The van der Waals surface area contributed by atoms with Gasteiger partial charge < -0.3 is 28.6 Å². The van der Waals surface area contributed by atoms with Crippen molar-refractivity contribution in [2.75, 3.05) is 0 Å². The average Bonchev–Trinajstić information content (AvgIpc) is 2.64. The van der Waals surface area contributed by atoms with E-state index in [0.29, 0.717) is 22.6 Å². The van der Waals surface area contributed by atoms with Crippen molar-refractivity contribution >= 4 is 17.2 Å². The molecular formula is C30H48O6P2. The van der Waals surface area contributed by atoms with Crippen LogP contribution in [0.5, 0.6) is 11.5 Å². The van der Waals surface area contributed by atoms with Crippen LogP contribution in [-0.2, 0) is 21.7 Å². The maximum absolute atomic E-state index is 10.1. The Hall–Kier alpha value is -1.26. The monoisotopic (exact) mass is 566 g/mol. The van der Waals surface area contributed by atoms with Crippen molar-refractivity contribution in [2.24, 2.45) is 0 Å². The summed E-state index contributed by atoms with van der Waals surface area (Å²) in [7, 11) is -5.46. The Morgan fingerprint density at radius 2 is 0.711 bits per heavy atom. The van der Waals surface area contributed by atoms with Crippen LogP contribution in [0.25, 0.3) is 11.1 Å². The Balaban J connectivity index is 3.43. The molecule has 8 heteroatoms. The van der Waals surface area contributed by atoms with Crippen molar-refractivity contribution < 1.29 is 28.6 Å². The molecule has 2 aromatic rings. The van der Waals surface area contributed by atoms with E-state index in [2.05, 4.69) is 95.2 Å². The van der Waals surface area contributed by atoms with E-state index in [0.717, 1.165) is 33.4 Å². The minimum Gasteiger partial charge on any atom is -0.426 e. The lowest BCUT2D eigenvalue weighted by atomic mass is 9.72. The van der Waals surface area contributed by atoms with Gasteiger partial charge in [0, 0.05) is 22.3 Å². The van der Waals surface area contributed by atoms with Crippen molar-refractivity contribution in [3.8, 4) is 22.6 Å². The van der Waals surface area contributed by atoms with Crippen molar-refractivity contribution in [1.29, 1.82) is 0 Å². The molecule has 0 radical (unpaired) electrons. The molecular weight excluding hydrogens is 518 g/mol. The lowest BCUT2D eigenvalue weighted by molar-refractivity contribution is 0.365. The molecule has 0 aliphatic heterocycles. The van der Waals surface area contributed by atoms with Crippen molar-refractivity contribution in [2.45, 2.75) is 119 Å². The number of benzene rings is 2. The van der Waals surface area contributed by atoms with Crippen LogP contribution in [-0.4, -0.2) is 19.6 Å². The molecule has 0 aliphatic carbocycles. The molecule has 38 heavy (non-hydrogen) atoms. The molecule has 4 N–H and O–H groups in total. The van der Waals surface area contributed by atoms with Gasteiger partial charge in [0.25, 0.3) is 0 Å². The topological polar surface area (TPSA) is 99.4 Å². The van der Waals surface area contributed by atoms with Gasteiger partial charge in [-0.1, -0.05) is 95.2 Å². The fourth-order valence-corrected chi connectivity index (χ4v) is 5.85. The highest BCUT2D eigenvalue weighted by atomic mass is 31.2.